The van der Waals surface area contributed by atoms with Crippen molar-refractivity contribution in [3.63, 3.8) is 0 Å². The molecule has 5 heteroatoms. The molecule has 2 rings (SSSR count). The third-order valence-corrected chi connectivity index (χ3v) is 4.25. The number of aromatic nitrogens is 1. The second kappa shape index (κ2) is 5.83. The number of benzene rings is 1. The van der Waals surface area contributed by atoms with Gasteiger partial charge in [-0.25, -0.2) is 4.98 Å². The molecule has 0 aliphatic carbocycles. The molecule has 0 aliphatic heterocycles. The molecule has 1 aromatic heterocycles. The van der Waals surface area contributed by atoms with Gasteiger partial charge in [0.15, 0.2) is 0 Å². The van der Waals surface area contributed by atoms with Gasteiger partial charge in [-0.1, -0.05) is 35.0 Å². The summed E-state index contributed by atoms with van der Waals surface area (Å²) < 4.78 is 0. The van der Waals surface area contributed by atoms with Crippen LogP contribution in [0.15, 0.2) is 34.2 Å². The van der Waals surface area contributed by atoms with Crippen LogP contribution < -0.4 is 0 Å². The van der Waals surface area contributed by atoms with Gasteiger partial charge in [-0.15, -0.1) is 0 Å². The van der Waals surface area contributed by atoms with Crippen molar-refractivity contribution in [1.29, 1.82) is 5.26 Å². The van der Waals surface area contributed by atoms with Crippen molar-refractivity contribution in [1.82, 2.24) is 4.98 Å². The van der Waals surface area contributed by atoms with Crippen LogP contribution in [0, 0.1) is 25.2 Å². The lowest BCUT2D eigenvalue weighted by molar-refractivity contribution is 1.03. The molecule has 0 amide bonds. The fraction of sp³-hybridized carbons (Fsp3) is 0.143. The predicted octanol–water partition coefficient (Wildman–Crippen LogP) is 5.03. The van der Waals surface area contributed by atoms with Gasteiger partial charge in [-0.3, -0.25) is 0 Å². The second-order valence-electron chi connectivity index (χ2n) is 4.05. The summed E-state index contributed by atoms with van der Waals surface area (Å²) >= 11 is 13.5. The van der Waals surface area contributed by atoms with Crippen LogP contribution in [0.1, 0.15) is 16.8 Å². The Morgan fingerprint density at radius 1 is 1.21 bits per heavy atom. The average molecular weight is 309 g/mol. The summed E-state index contributed by atoms with van der Waals surface area (Å²) in [6.07, 6.45) is 0. The maximum absolute atomic E-state index is 9.23. The number of halogens is 2. The van der Waals surface area contributed by atoms with Crippen LogP contribution >= 0.6 is 35.0 Å². The number of nitrogens with zero attached hydrogens (tertiary/aromatic N) is 2. The van der Waals surface area contributed by atoms with Gasteiger partial charge in [0.05, 0.1) is 10.6 Å². The van der Waals surface area contributed by atoms with E-state index >= 15 is 0 Å². The summed E-state index contributed by atoms with van der Waals surface area (Å²) in [5.41, 5.74) is 2.36. The van der Waals surface area contributed by atoms with E-state index in [0.29, 0.717) is 20.6 Å². The van der Waals surface area contributed by atoms with Crippen LogP contribution in [-0.2, 0) is 0 Å². The normalized spacial score (nSPS) is 10.3. The van der Waals surface area contributed by atoms with Gasteiger partial charge in [0, 0.05) is 15.6 Å². The average Bonchev–Trinajstić information content (AvgIpc) is 2.33. The number of rotatable bonds is 2. The molecule has 96 valence electrons. The van der Waals surface area contributed by atoms with E-state index in [9.17, 15) is 5.26 Å². The Morgan fingerprint density at radius 3 is 2.63 bits per heavy atom. The number of aryl methyl sites for hydroxylation is 2. The highest BCUT2D eigenvalue weighted by Gasteiger charge is 2.12. The van der Waals surface area contributed by atoms with Gasteiger partial charge >= 0.3 is 0 Å². The molecule has 0 spiro atoms. The number of hydrogen-bond donors (Lipinski definition) is 0. The monoisotopic (exact) mass is 308 g/mol. The van der Waals surface area contributed by atoms with Gasteiger partial charge in [0.25, 0.3) is 0 Å². The largest absolute Gasteiger partial charge is 0.245 e. The zero-order chi connectivity index (χ0) is 14.0. The van der Waals surface area contributed by atoms with E-state index in [1.807, 2.05) is 19.9 Å². The van der Waals surface area contributed by atoms with Crippen LogP contribution in [0.3, 0.4) is 0 Å². The van der Waals surface area contributed by atoms with Crippen molar-refractivity contribution in [3.05, 3.63) is 51.1 Å². The Labute approximate surface area is 126 Å². The van der Waals surface area contributed by atoms with Crippen LogP contribution in [0.2, 0.25) is 10.0 Å². The van der Waals surface area contributed by atoms with Crippen molar-refractivity contribution in [2.75, 3.05) is 0 Å². The van der Waals surface area contributed by atoms with Crippen LogP contribution in [0.4, 0.5) is 0 Å². The van der Waals surface area contributed by atoms with E-state index in [0.717, 1.165) is 16.2 Å². The minimum atomic E-state index is 0.576. The molecular formula is C14H10Cl2N2S. The van der Waals surface area contributed by atoms with Crippen LogP contribution in [0.5, 0.6) is 0 Å². The molecule has 19 heavy (non-hydrogen) atoms. The SMILES string of the molecule is Cc1cc(C)c(C#N)c(Sc2cc(Cl)ccc2Cl)n1. The molecular weight excluding hydrogens is 299 g/mol. The predicted molar refractivity (Wildman–Crippen MR) is 79.0 cm³/mol. The molecule has 1 heterocycles. The number of hydrogen-bond acceptors (Lipinski definition) is 3. The Kier molecular flexibility index (Phi) is 4.36. The van der Waals surface area contributed by atoms with Crippen LogP contribution in [0.25, 0.3) is 0 Å². The maximum Gasteiger partial charge on any atom is 0.119 e. The van der Waals surface area contributed by atoms with E-state index in [1.54, 1.807) is 18.2 Å². The lowest BCUT2D eigenvalue weighted by atomic mass is 10.1. The lowest BCUT2D eigenvalue weighted by Crippen LogP contribution is -1.94. The summed E-state index contributed by atoms with van der Waals surface area (Å²) in [4.78, 5) is 5.20. The summed E-state index contributed by atoms with van der Waals surface area (Å²) in [6, 6.07) is 9.32. The number of pyridine rings is 1. The van der Waals surface area contributed by atoms with Crippen molar-refractivity contribution < 1.29 is 0 Å². The van der Waals surface area contributed by atoms with Crippen LogP contribution in [-0.4, -0.2) is 4.98 Å². The molecule has 0 radical (unpaired) electrons. The molecule has 0 aliphatic rings. The Morgan fingerprint density at radius 2 is 1.95 bits per heavy atom. The molecule has 2 aromatic rings. The highest BCUT2D eigenvalue weighted by atomic mass is 35.5. The van der Waals surface area contributed by atoms with Crippen molar-refractivity contribution in [2.24, 2.45) is 0 Å². The third kappa shape index (κ3) is 3.22. The second-order valence-corrected chi connectivity index (χ2v) is 5.92. The minimum Gasteiger partial charge on any atom is -0.245 e. The van der Waals surface area contributed by atoms with E-state index in [-0.39, 0.29) is 0 Å². The molecule has 0 fully saturated rings. The summed E-state index contributed by atoms with van der Waals surface area (Å²) in [6.45, 7) is 3.80. The molecule has 0 atom stereocenters. The Bertz CT molecular complexity index is 678. The first-order valence-electron chi connectivity index (χ1n) is 5.52. The van der Waals surface area contributed by atoms with Gasteiger partial charge in [-0.05, 0) is 43.7 Å². The standard InChI is InChI=1S/C14H10Cl2N2S/c1-8-5-9(2)18-14(11(8)7-17)19-13-6-10(15)3-4-12(13)16/h3-6H,1-2H3. The van der Waals surface area contributed by atoms with Crippen molar-refractivity contribution >= 4 is 35.0 Å². The fourth-order valence-corrected chi connectivity index (χ4v) is 3.20. The zero-order valence-electron chi connectivity index (χ0n) is 10.4. The first kappa shape index (κ1) is 14.2. The van der Waals surface area contributed by atoms with E-state index < -0.39 is 0 Å². The quantitative estimate of drug-likeness (QED) is 0.781. The van der Waals surface area contributed by atoms with E-state index in [4.69, 9.17) is 23.2 Å². The minimum absolute atomic E-state index is 0.576. The van der Waals surface area contributed by atoms with Crippen molar-refractivity contribution in [2.45, 2.75) is 23.8 Å². The topological polar surface area (TPSA) is 36.7 Å². The van der Waals surface area contributed by atoms with E-state index in [1.165, 1.54) is 11.8 Å². The number of nitriles is 1. The molecule has 1 aromatic carbocycles. The first-order chi connectivity index (χ1) is 9.01. The molecule has 0 bridgehead atoms. The van der Waals surface area contributed by atoms with Gasteiger partial charge in [-0.2, -0.15) is 5.26 Å². The summed E-state index contributed by atoms with van der Waals surface area (Å²) in [7, 11) is 0. The zero-order valence-corrected chi connectivity index (χ0v) is 12.7. The highest BCUT2D eigenvalue weighted by molar-refractivity contribution is 7.99. The summed E-state index contributed by atoms with van der Waals surface area (Å²) in [5.74, 6) is 0. The fourth-order valence-electron chi connectivity index (χ4n) is 1.67. The Balaban J connectivity index is 2.49. The van der Waals surface area contributed by atoms with Crippen molar-refractivity contribution in [3.8, 4) is 6.07 Å². The summed E-state index contributed by atoms with van der Waals surface area (Å²) in [5, 5.41) is 11.1. The highest BCUT2D eigenvalue weighted by Crippen LogP contribution is 2.36. The molecule has 0 N–H and O–H groups in total. The van der Waals surface area contributed by atoms with Gasteiger partial charge in [0.1, 0.15) is 11.1 Å². The first-order valence-corrected chi connectivity index (χ1v) is 7.09. The lowest BCUT2D eigenvalue weighted by Gasteiger charge is -2.08. The van der Waals surface area contributed by atoms with Gasteiger partial charge in [0.2, 0.25) is 0 Å². The molecule has 0 unspecified atom stereocenters. The van der Waals surface area contributed by atoms with Gasteiger partial charge < -0.3 is 0 Å². The third-order valence-electron chi connectivity index (χ3n) is 2.52. The van der Waals surface area contributed by atoms with E-state index in [2.05, 4.69) is 11.1 Å². The molecule has 2 nitrogen and oxygen atoms in total. The Hall–Kier alpha value is -1.21. The maximum atomic E-state index is 9.23. The smallest absolute Gasteiger partial charge is 0.119 e. The molecule has 0 saturated heterocycles. The molecule has 0 saturated carbocycles.